The van der Waals surface area contributed by atoms with E-state index in [0.29, 0.717) is 31.9 Å². The van der Waals surface area contributed by atoms with Crippen LogP contribution in [0.4, 0.5) is 0 Å². The molecule has 7 heteroatoms. The molecule has 3 heterocycles. The van der Waals surface area contributed by atoms with Gasteiger partial charge in [-0.15, -0.1) is 0 Å². The fraction of sp³-hybridized carbons (Fsp3) is 0.688. The Morgan fingerprint density at radius 3 is 2.91 bits per heavy atom. The summed E-state index contributed by atoms with van der Waals surface area (Å²) in [7, 11) is 3.41. The number of piperidine rings is 1. The van der Waals surface area contributed by atoms with Crippen molar-refractivity contribution in [3.63, 3.8) is 0 Å². The molecule has 126 valence electrons. The Balaban J connectivity index is 1.71. The van der Waals surface area contributed by atoms with Crippen molar-refractivity contribution < 1.29 is 14.3 Å². The molecule has 1 spiro atoms. The van der Waals surface area contributed by atoms with Crippen LogP contribution in [0.5, 0.6) is 0 Å². The van der Waals surface area contributed by atoms with Crippen LogP contribution in [-0.2, 0) is 16.6 Å². The van der Waals surface area contributed by atoms with Gasteiger partial charge in [-0.25, -0.2) is 0 Å². The Kier molecular flexibility index (Phi) is 4.39. The first-order chi connectivity index (χ1) is 11.1. The normalized spacial score (nSPS) is 24.7. The van der Waals surface area contributed by atoms with E-state index in [1.165, 1.54) is 0 Å². The standard InChI is InChI=1S/C16H24N4O3/c1-18-13(4-7-17-18)14(21)20-9-6-16(12-20)5-3-8-19(15(16)22)10-11-23-2/h4,7H,3,5-6,8-12H2,1-2H3/t16-/m1/s1. The molecule has 0 aromatic carbocycles. The number of nitrogens with zero attached hydrogens (tertiary/aromatic N) is 4. The van der Waals surface area contributed by atoms with Crippen molar-refractivity contribution in [1.29, 1.82) is 0 Å². The summed E-state index contributed by atoms with van der Waals surface area (Å²) in [6.07, 6.45) is 4.23. The number of aryl methyl sites for hydroxylation is 1. The van der Waals surface area contributed by atoms with Gasteiger partial charge in [0.25, 0.3) is 5.91 Å². The van der Waals surface area contributed by atoms with Gasteiger partial charge in [-0.1, -0.05) is 0 Å². The monoisotopic (exact) mass is 320 g/mol. The van der Waals surface area contributed by atoms with E-state index < -0.39 is 5.41 Å². The van der Waals surface area contributed by atoms with Crippen molar-refractivity contribution in [1.82, 2.24) is 19.6 Å². The molecule has 0 saturated carbocycles. The van der Waals surface area contributed by atoms with Crippen molar-refractivity contribution in [3.05, 3.63) is 18.0 Å². The third kappa shape index (κ3) is 2.85. The average Bonchev–Trinajstić information content (AvgIpc) is 3.16. The van der Waals surface area contributed by atoms with Crippen LogP contribution in [0.3, 0.4) is 0 Å². The van der Waals surface area contributed by atoms with Crippen LogP contribution in [0, 0.1) is 5.41 Å². The number of aromatic nitrogens is 2. The lowest BCUT2D eigenvalue weighted by Gasteiger charge is -2.39. The number of carbonyl (C=O) groups is 2. The maximum atomic E-state index is 12.9. The van der Waals surface area contributed by atoms with Gasteiger partial charge in [-0.05, 0) is 25.3 Å². The maximum Gasteiger partial charge on any atom is 0.272 e. The first kappa shape index (κ1) is 16.0. The highest BCUT2D eigenvalue weighted by Gasteiger charge is 2.49. The lowest BCUT2D eigenvalue weighted by atomic mass is 9.78. The highest BCUT2D eigenvalue weighted by Crippen LogP contribution is 2.40. The predicted molar refractivity (Wildman–Crippen MR) is 83.9 cm³/mol. The van der Waals surface area contributed by atoms with Gasteiger partial charge in [0.1, 0.15) is 5.69 Å². The lowest BCUT2D eigenvalue weighted by molar-refractivity contribution is -0.146. The predicted octanol–water partition coefficient (Wildman–Crippen LogP) is 0.521. The van der Waals surface area contributed by atoms with Crippen molar-refractivity contribution in [2.75, 3.05) is 39.9 Å². The van der Waals surface area contributed by atoms with E-state index >= 15 is 0 Å². The summed E-state index contributed by atoms with van der Waals surface area (Å²) in [5.41, 5.74) is 0.168. The summed E-state index contributed by atoms with van der Waals surface area (Å²) in [5, 5.41) is 4.05. The molecule has 2 amide bonds. The number of rotatable bonds is 4. The minimum absolute atomic E-state index is 0.0383. The fourth-order valence-electron chi connectivity index (χ4n) is 3.74. The highest BCUT2D eigenvalue weighted by atomic mass is 16.5. The number of hydrogen-bond donors (Lipinski definition) is 0. The molecule has 1 aromatic heterocycles. The Bertz CT molecular complexity index is 600. The zero-order valence-electron chi connectivity index (χ0n) is 13.8. The van der Waals surface area contributed by atoms with Gasteiger partial charge in [0.2, 0.25) is 5.91 Å². The van der Waals surface area contributed by atoms with Crippen LogP contribution < -0.4 is 0 Å². The van der Waals surface area contributed by atoms with Gasteiger partial charge in [0.15, 0.2) is 0 Å². The molecule has 2 fully saturated rings. The van der Waals surface area contributed by atoms with Gasteiger partial charge in [-0.2, -0.15) is 5.10 Å². The molecule has 3 rings (SSSR count). The van der Waals surface area contributed by atoms with Gasteiger partial charge in [0, 0.05) is 46.5 Å². The zero-order chi connectivity index (χ0) is 16.4. The molecule has 0 radical (unpaired) electrons. The maximum absolute atomic E-state index is 12.9. The van der Waals surface area contributed by atoms with Crippen LogP contribution in [0.25, 0.3) is 0 Å². The zero-order valence-corrected chi connectivity index (χ0v) is 13.8. The molecular weight excluding hydrogens is 296 g/mol. The van der Waals surface area contributed by atoms with E-state index in [4.69, 9.17) is 4.74 Å². The topological polar surface area (TPSA) is 67.7 Å². The van der Waals surface area contributed by atoms with Crippen LogP contribution >= 0.6 is 0 Å². The van der Waals surface area contributed by atoms with Crippen molar-refractivity contribution in [2.45, 2.75) is 19.3 Å². The van der Waals surface area contributed by atoms with Crippen LogP contribution in [0.15, 0.2) is 12.3 Å². The van der Waals surface area contributed by atoms with Gasteiger partial charge in [0.05, 0.1) is 12.0 Å². The Morgan fingerprint density at radius 1 is 1.39 bits per heavy atom. The molecule has 2 aliphatic rings. The van der Waals surface area contributed by atoms with E-state index in [9.17, 15) is 9.59 Å². The molecular formula is C16H24N4O3. The smallest absolute Gasteiger partial charge is 0.272 e. The number of carbonyl (C=O) groups excluding carboxylic acids is 2. The number of ether oxygens (including phenoxy) is 1. The molecule has 1 aromatic rings. The second-order valence-electron chi connectivity index (χ2n) is 6.49. The molecule has 2 aliphatic heterocycles. The molecule has 0 N–H and O–H groups in total. The van der Waals surface area contributed by atoms with Crippen LogP contribution in [-0.4, -0.2) is 71.3 Å². The van der Waals surface area contributed by atoms with Gasteiger partial charge >= 0.3 is 0 Å². The molecule has 23 heavy (non-hydrogen) atoms. The van der Waals surface area contributed by atoms with Gasteiger partial charge < -0.3 is 14.5 Å². The molecule has 7 nitrogen and oxygen atoms in total. The largest absolute Gasteiger partial charge is 0.383 e. The second kappa shape index (κ2) is 6.31. The third-order valence-corrected chi connectivity index (χ3v) is 5.07. The lowest BCUT2D eigenvalue weighted by Crippen LogP contribution is -2.51. The first-order valence-electron chi connectivity index (χ1n) is 8.13. The number of likely N-dealkylation sites (tertiary alicyclic amines) is 2. The summed E-state index contributed by atoms with van der Waals surface area (Å²) < 4.78 is 6.68. The van der Waals surface area contributed by atoms with E-state index in [1.54, 1.807) is 36.0 Å². The van der Waals surface area contributed by atoms with Crippen molar-refractivity contribution in [3.8, 4) is 0 Å². The molecule has 0 bridgehead atoms. The molecule has 2 saturated heterocycles. The van der Waals surface area contributed by atoms with Crippen LogP contribution in [0.1, 0.15) is 29.8 Å². The summed E-state index contributed by atoms with van der Waals surface area (Å²) >= 11 is 0. The number of amides is 2. The Labute approximate surface area is 136 Å². The number of methoxy groups -OCH3 is 1. The average molecular weight is 320 g/mol. The number of hydrogen-bond acceptors (Lipinski definition) is 4. The van der Waals surface area contributed by atoms with E-state index in [-0.39, 0.29) is 11.8 Å². The molecule has 0 aliphatic carbocycles. The van der Waals surface area contributed by atoms with E-state index in [0.717, 1.165) is 25.8 Å². The highest BCUT2D eigenvalue weighted by molar-refractivity contribution is 5.94. The second-order valence-corrected chi connectivity index (χ2v) is 6.49. The minimum atomic E-state index is -0.403. The summed E-state index contributed by atoms with van der Waals surface area (Å²) in [6, 6.07) is 1.72. The third-order valence-electron chi connectivity index (χ3n) is 5.07. The summed E-state index contributed by atoms with van der Waals surface area (Å²) in [6.45, 7) is 3.12. The Hall–Kier alpha value is -1.89. The molecule has 0 unspecified atom stereocenters. The summed E-state index contributed by atoms with van der Waals surface area (Å²) in [4.78, 5) is 29.2. The van der Waals surface area contributed by atoms with E-state index in [2.05, 4.69) is 5.10 Å². The quantitative estimate of drug-likeness (QED) is 0.811. The molecule has 1 atom stereocenters. The van der Waals surface area contributed by atoms with Crippen LogP contribution in [0.2, 0.25) is 0 Å². The fourth-order valence-corrected chi connectivity index (χ4v) is 3.74. The van der Waals surface area contributed by atoms with Crippen molar-refractivity contribution in [2.24, 2.45) is 12.5 Å². The first-order valence-corrected chi connectivity index (χ1v) is 8.13. The van der Waals surface area contributed by atoms with Gasteiger partial charge in [-0.3, -0.25) is 14.3 Å². The summed E-state index contributed by atoms with van der Waals surface area (Å²) in [5.74, 6) is 0.143. The Morgan fingerprint density at radius 2 is 2.22 bits per heavy atom. The SMILES string of the molecule is COCCN1CCC[C@]2(CCN(C(=O)c3ccnn3C)C2)C1=O. The van der Waals surface area contributed by atoms with E-state index in [1.807, 2.05) is 4.90 Å². The minimum Gasteiger partial charge on any atom is -0.383 e. The van der Waals surface area contributed by atoms with Crippen molar-refractivity contribution >= 4 is 11.8 Å².